The van der Waals surface area contributed by atoms with E-state index in [2.05, 4.69) is 5.32 Å². The lowest BCUT2D eigenvalue weighted by atomic mass is 9.97. The fourth-order valence-corrected chi connectivity index (χ4v) is 3.59. The van der Waals surface area contributed by atoms with Gasteiger partial charge in [0.1, 0.15) is 11.3 Å². The number of carbonyl (C=O) groups excluding carboxylic acids is 2. The van der Waals surface area contributed by atoms with Crippen LogP contribution in [0, 0.1) is 6.92 Å². The van der Waals surface area contributed by atoms with E-state index in [1.807, 2.05) is 79.7 Å². The molecule has 0 aliphatic rings. The summed E-state index contributed by atoms with van der Waals surface area (Å²) in [7, 11) is 0. The van der Waals surface area contributed by atoms with E-state index in [4.69, 9.17) is 9.15 Å². The third-order valence-corrected chi connectivity index (χ3v) is 5.10. The van der Waals surface area contributed by atoms with Gasteiger partial charge in [0.15, 0.2) is 0 Å². The van der Waals surface area contributed by atoms with Gasteiger partial charge < -0.3 is 9.15 Å². The molecule has 0 fully saturated rings. The van der Waals surface area contributed by atoms with Crippen LogP contribution in [0.15, 0.2) is 89.3 Å². The van der Waals surface area contributed by atoms with Crippen LogP contribution in [0.3, 0.4) is 0 Å². The SMILES string of the molecule is CCOC(=O)c1c(NC(=O)c2ccccc2C)oc(-c2ccccc2)c1-c1ccccc1. The van der Waals surface area contributed by atoms with Gasteiger partial charge in [-0.25, -0.2) is 4.79 Å². The molecule has 160 valence electrons. The van der Waals surface area contributed by atoms with Gasteiger partial charge in [-0.2, -0.15) is 0 Å². The van der Waals surface area contributed by atoms with Crippen molar-refractivity contribution >= 4 is 17.8 Å². The second-order valence-corrected chi connectivity index (χ2v) is 7.23. The maximum Gasteiger partial charge on any atom is 0.344 e. The second kappa shape index (κ2) is 9.35. The van der Waals surface area contributed by atoms with Crippen molar-refractivity contribution in [3.8, 4) is 22.5 Å². The highest BCUT2D eigenvalue weighted by Crippen LogP contribution is 2.42. The van der Waals surface area contributed by atoms with Crippen LogP contribution in [-0.2, 0) is 4.74 Å². The normalized spacial score (nSPS) is 10.6. The summed E-state index contributed by atoms with van der Waals surface area (Å²) in [6, 6.07) is 26.2. The molecule has 0 spiro atoms. The average molecular weight is 425 g/mol. The van der Waals surface area contributed by atoms with E-state index in [0.29, 0.717) is 16.9 Å². The molecule has 4 aromatic rings. The molecule has 5 nitrogen and oxygen atoms in total. The molecule has 1 amide bonds. The van der Waals surface area contributed by atoms with Crippen molar-refractivity contribution in [2.75, 3.05) is 11.9 Å². The first-order valence-corrected chi connectivity index (χ1v) is 10.4. The van der Waals surface area contributed by atoms with E-state index >= 15 is 0 Å². The molecule has 1 heterocycles. The number of esters is 1. The molecular weight excluding hydrogens is 402 g/mol. The molecule has 0 saturated heterocycles. The van der Waals surface area contributed by atoms with Crippen LogP contribution in [0.5, 0.6) is 0 Å². The topological polar surface area (TPSA) is 68.5 Å². The van der Waals surface area contributed by atoms with Crippen molar-refractivity contribution in [3.05, 3.63) is 102 Å². The maximum atomic E-state index is 13.1. The second-order valence-electron chi connectivity index (χ2n) is 7.23. The summed E-state index contributed by atoms with van der Waals surface area (Å²) >= 11 is 0. The minimum absolute atomic E-state index is 0.0643. The van der Waals surface area contributed by atoms with E-state index in [1.54, 1.807) is 19.1 Å². The monoisotopic (exact) mass is 425 g/mol. The van der Waals surface area contributed by atoms with Gasteiger partial charge in [0.2, 0.25) is 5.88 Å². The Morgan fingerprint density at radius 3 is 2.06 bits per heavy atom. The first-order valence-electron chi connectivity index (χ1n) is 10.4. The first-order chi connectivity index (χ1) is 15.6. The summed E-state index contributed by atoms with van der Waals surface area (Å²) < 4.78 is 11.5. The number of nitrogens with one attached hydrogen (secondary N) is 1. The van der Waals surface area contributed by atoms with Gasteiger partial charge in [0.05, 0.1) is 6.61 Å². The van der Waals surface area contributed by atoms with Crippen molar-refractivity contribution in [1.29, 1.82) is 0 Å². The number of rotatable bonds is 6. The summed E-state index contributed by atoms with van der Waals surface area (Å²) in [6.07, 6.45) is 0. The zero-order chi connectivity index (χ0) is 22.5. The number of carbonyl (C=O) groups is 2. The van der Waals surface area contributed by atoms with E-state index in [1.165, 1.54) is 0 Å². The molecule has 0 radical (unpaired) electrons. The number of anilines is 1. The molecule has 4 rings (SSSR count). The van der Waals surface area contributed by atoms with Gasteiger partial charge in [-0.05, 0) is 31.0 Å². The number of amides is 1. The molecule has 1 N–H and O–H groups in total. The van der Waals surface area contributed by atoms with Crippen LogP contribution in [0.25, 0.3) is 22.5 Å². The van der Waals surface area contributed by atoms with Crippen molar-refractivity contribution < 1.29 is 18.7 Å². The number of hydrogen-bond acceptors (Lipinski definition) is 4. The molecule has 0 aliphatic carbocycles. The van der Waals surface area contributed by atoms with Crippen molar-refractivity contribution in [1.82, 2.24) is 0 Å². The lowest BCUT2D eigenvalue weighted by molar-refractivity contribution is 0.0528. The van der Waals surface area contributed by atoms with Gasteiger partial charge in [-0.3, -0.25) is 10.1 Å². The quantitative estimate of drug-likeness (QED) is 0.365. The van der Waals surface area contributed by atoms with Gasteiger partial charge in [-0.1, -0.05) is 78.9 Å². The highest BCUT2D eigenvalue weighted by Gasteiger charge is 2.30. The Labute approximate surface area is 186 Å². The van der Waals surface area contributed by atoms with E-state index in [-0.39, 0.29) is 24.0 Å². The number of hydrogen-bond donors (Lipinski definition) is 1. The lowest BCUT2D eigenvalue weighted by Crippen LogP contribution is -2.16. The number of furan rings is 1. The van der Waals surface area contributed by atoms with E-state index in [0.717, 1.165) is 16.7 Å². The predicted molar refractivity (Wildman–Crippen MR) is 125 cm³/mol. The molecule has 32 heavy (non-hydrogen) atoms. The van der Waals surface area contributed by atoms with Crippen LogP contribution in [0.1, 0.15) is 33.2 Å². The van der Waals surface area contributed by atoms with Crippen LogP contribution >= 0.6 is 0 Å². The molecule has 0 saturated carbocycles. The lowest BCUT2D eigenvalue weighted by Gasteiger charge is -2.08. The Morgan fingerprint density at radius 2 is 1.44 bits per heavy atom. The molecule has 0 unspecified atom stereocenters. The Morgan fingerprint density at radius 1 is 0.844 bits per heavy atom. The maximum absolute atomic E-state index is 13.1. The average Bonchev–Trinajstić information content (AvgIpc) is 3.20. The molecule has 1 aromatic heterocycles. The van der Waals surface area contributed by atoms with Crippen molar-refractivity contribution in [2.24, 2.45) is 0 Å². The standard InChI is InChI=1S/C27H23NO4/c1-3-31-27(30)23-22(19-13-6-4-7-14-19)24(20-15-8-5-9-16-20)32-26(23)28-25(29)21-17-11-10-12-18(21)2/h4-17H,3H2,1-2H3,(H,28,29). The minimum atomic E-state index is -0.558. The van der Waals surface area contributed by atoms with E-state index < -0.39 is 5.97 Å². The highest BCUT2D eigenvalue weighted by molar-refractivity contribution is 6.11. The third kappa shape index (κ3) is 4.18. The summed E-state index contributed by atoms with van der Waals surface area (Å²) in [6.45, 7) is 3.79. The number of aryl methyl sites for hydroxylation is 1. The molecular formula is C27H23NO4. The fourth-order valence-electron chi connectivity index (χ4n) is 3.59. The smallest absolute Gasteiger partial charge is 0.344 e. The molecule has 0 aliphatic heterocycles. The first kappa shape index (κ1) is 21.1. The van der Waals surface area contributed by atoms with Crippen LogP contribution in [0.2, 0.25) is 0 Å². The summed E-state index contributed by atoms with van der Waals surface area (Å²) in [5, 5.41) is 2.80. The Kier molecular flexibility index (Phi) is 6.17. The number of ether oxygens (including phenoxy) is 1. The summed E-state index contributed by atoms with van der Waals surface area (Å²) in [5.74, 6) is -0.367. The molecule has 5 heteroatoms. The van der Waals surface area contributed by atoms with Gasteiger partial charge >= 0.3 is 5.97 Å². The summed E-state index contributed by atoms with van der Waals surface area (Å²) in [5.41, 5.74) is 3.67. The Hall–Kier alpha value is -4.12. The van der Waals surface area contributed by atoms with Gasteiger partial charge in [-0.15, -0.1) is 0 Å². The largest absolute Gasteiger partial charge is 0.462 e. The van der Waals surface area contributed by atoms with Gasteiger partial charge in [0, 0.05) is 16.7 Å². The third-order valence-electron chi connectivity index (χ3n) is 5.10. The Bertz CT molecular complexity index is 1240. The minimum Gasteiger partial charge on any atom is -0.462 e. The molecule has 0 atom stereocenters. The zero-order valence-corrected chi connectivity index (χ0v) is 17.9. The predicted octanol–water partition coefficient (Wildman–Crippen LogP) is 6.35. The van der Waals surface area contributed by atoms with Crippen LogP contribution in [0.4, 0.5) is 5.88 Å². The van der Waals surface area contributed by atoms with Crippen LogP contribution in [-0.4, -0.2) is 18.5 Å². The molecule has 0 bridgehead atoms. The molecule has 3 aromatic carbocycles. The fraction of sp³-hybridized carbons (Fsp3) is 0.111. The highest BCUT2D eigenvalue weighted by atomic mass is 16.5. The number of benzene rings is 3. The van der Waals surface area contributed by atoms with Crippen LogP contribution < -0.4 is 5.32 Å². The van der Waals surface area contributed by atoms with E-state index in [9.17, 15) is 9.59 Å². The Balaban J connectivity index is 1.91. The van der Waals surface area contributed by atoms with Crippen molar-refractivity contribution in [2.45, 2.75) is 13.8 Å². The van der Waals surface area contributed by atoms with Crippen molar-refractivity contribution in [3.63, 3.8) is 0 Å². The summed E-state index contributed by atoms with van der Waals surface area (Å²) in [4.78, 5) is 26.1. The zero-order valence-electron chi connectivity index (χ0n) is 17.9. The van der Waals surface area contributed by atoms with Gasteiger partial charge in [0.25, 0.3) is 5.91 Å².